The van der Waals surface area contributed by atoms with Crippen LogP contribution in [0.4, 0.5) is 0 Å². The molecule has 0 aliphatic carbocycles. The highest BCUT2D eigenvalue weighted by Gasteiger charge is 2.12. The third kappa shape index (κ3) is 3.14. The third-order valence-electron chi connectivity index (χ3n) is 8.41. The number of benzene rings is 9. The maximum absolute atomic E-state index is 9.15. The maximum Gasteiger partial charge on any atom is 0.0629 e. The molecule has 9 aromatic carbocycles. The highest BCUT2D eigenvalue weighted by atomic mass is 14.2. The van der Waals surface area contributed by atoms with Crippen LogP contribution in [0.2, 0.25) is 0 Å². The smallest absolute Gasteiger partial charge is 0.0616 e. The Morgan fingerprint density at radius 2 is 0.900 bits per heavy atom. The topological polar surface area (TPSA) is 0 Å². The van der Waals surface area contributed by atoms with Gasteiger partial charge in [-0.25, -0.2) is 0 Å². The minimum Gasteiger partial charge on any atom is -0.0616 e. The van der Waals surface area contributed by atoms with E-state index in [0.29, 0.717) is 16.7 Å². The number of rotatable bonds is 2. The summed E-state index contributed by atoms with van der Waals surface area (Å²) in [5.74, 6) is 0. The van der Waals surface area contributed by atoms with Gasteiger partial charge in [0.05, 0.1) is 5.48 Å². The van der Waals surface area contributed by atoms with E-state index in [1.165, 1.54) is 10.8 Å². The van der Waals surface area contributed by atoms with E-state index in [4.69, 9.17) is 5.48 Å². The quantitative estimate of drug-likeness (QED) is 0.161. The van der Waals surface area contributed by atoms with Crippen LogP contribution in [-0.2, 0) is 0 Å². The average molecular weight is 509 g/mol. The molecule has 0 atom stereocenters. The Balaban J connectivity index is 1.25. The van der Waals surface area contributed by atoms with Crippen molar-refractivity contribution in [3.05, 3.63) is 145 Å². The molecule has 0 nitrogen and oxygen atoms in total. The second-order valence-electron chi connectivity index (χ2n) is 10.6. The Morgan fingerprint density at radius 3 is 1.70 bits per heavy atom. The van der Waals surface area contributed by atoms with Crippen LogP contribution in [0.1, 0.15) is 5.48 Å². The molecule has 0 heteroatoms. The standard InChI is InChI=1S/C40H24/c1-2-5-31-24-38-34(22-30(31)4-1)15-14-33-23-32(18-20-36(33)38)25-8-10-26(11-9-25)35-19-16-29-13-12-27-6-3-7-28-17-21-37(35)40(29)39(27)28/h1-24H/i8D,9D,10D,11D. The second-order valence-corrected chi connectivity index (χ2v) is 10.6. The van der Waals surface area contributed by atoms with Crippen molar-refractivity contribution >= 4 is 64.6 Å². The molecule has 0 N–H and O–H groups in total. The summed E-state index contributed by atoms with van der Waals surface area (Å²) in [6.07, 6.45) is 0. The molecule has 0 unspecified atom stereocenters. The van der Waals surface area contributed by atoms with Crippen LogP contribution in [0.15, 0.2) is 145 Å². The lowest BCUT2D eigenvalue weighted by molar-refractivity contribution is 1.63. The third-order valence-corrected chi connectivity index (χ3v) is 8.41. The van der Waals surface area contributed by atoms with Crippen molar-refractivity contribution in [2.45, 2.75) is 0 Å². The number of hydrogen-bond donors (Lipinski definition) is 0. The van der Waals surface area contributed by atoms with Gasteiger partial charge in [0.15, 0.2) is 0 Å². The van der Waals surface area contributed by atoms with Gasteiger partial charge < -0.3 is 0 Å². The van der Waals surface area contributed by atoms with Gasteiger partial charge in [-0.1, -0.05) is 127 Å². The lowest BCUT2D eigenvalue weighted by Crippen LogP contribution is -1.87. The molecule has 0 amide bonds. The van der Waals surface area contributed by atoms with Crippen LogP contribution in [0.3, 0.4) is 0 Å². The van der Waals surface area contributed by atoms with E-state index in [1.54, 1.807) is 0 Å². The number of fused-ring (bicyclic) bond motifs is 4. The maximum atomic E-state index is 9.15. The van der Waals surface area contributed by atoms with E-state index in [9.17, 15) is 0 Å². The zero-order valence-electron chi connectivity index (χ0n) is 25.5. The zero-order chi connectivity index (χ0) is 29.7. The first kappa shape index (κ1) is 18.2. The van der Waals surface area contributed by atoms with Crippen LogP contribution >= 0.6 is 0 Å². The lowest BCUT2D eigenvalue weighted by Gasteiger charge is -2.14. The van der Waals surface area contributed by atoms with E-state index >= 15 is 0 Å². The molecule has 0 saturated carbocycles. The normalized spacial score (nSPS) is 13.4. The van der Waals surface area contributed by atoms with Crippen molar-refractivity contribution in [1.29, 1.82) is 0 Å². The largest absolute Gasteiger partial charge is 0.0629 e. The van der Waals surface area contributed by atoms with E-state index in [0.717, 1.165) is 59.4 Å². The summed E-state index contributed by atoms with van der Waals surface area (Å²) in [5, 5.41) is 13.3. The first-order chi connectivity index (χ1) is 21.5. The molecule has 184 valence electrons. The van der Waals surface area contributed by atoms with Crippen molar-refractivity contribution in [2.24, 2.45) is 0 Å². The van der Waals surface area contributed by atoms with Crippen LogP contribution in [-0.4, -0.2) is 0 Å². The van der Waals surface area contributed by atoms with Gasteiger partial charge in [-0.2, -0.15) is 0 Å². The van der Waals surface area contributed by atoms with Gasteiger partial charge in [-0.15, -0.1) is 0 Å². The highest BCUT2D eigenvalue weighted by Crippen LogP contribution is 2.40. The molecule has 0 aromatic heterocycles. The summed E-state index contributed by atoms with van der Waals surface area (Å²) in [6, 6.07) is 41.4. The molecule has 9 rings (SSSR count). The van der Waals surface area contributed by atoms with Gasteiger partial charge in [0.1, 0.15) is 0 Å². The molecule has 9 aromatic rings. The second kappa shape index (κ2) is 8.15. The summed E-state index contributed by atoms with van der Waals surface area (Å²) in [6.45, 7) is 0. The molecular formula is C40H24. The fourth-order valence-electron chi connectivity index (χ4n) is 6.45. The van der Waals surface area contributed by atoms with Crippen molar-refractivity contribution < 1.29 is 5.48 Å². The molecule has 0 heterocycles. The Bertz CT molecular complexity index is 2610. The molecule has 0 aliphatic rings. The summed E-state index contributed by atoms with van der Waals surface area (Å²) < 4.78 is 36.5. The van der Waals surface area contributed by atoms with E-state index < -0.39 is 0 Å². The molecule has 0 bridgehead atoms. The molecule has 0 radical (unpaired) electrons. The highest BCUT2D eigenvalue weighted by molar-refractivity contribution is 6.25. The predicted octanol–water partition coefficient (Wildman–Crippen LogP) is 11.4. The predicted molar refractivity (Wildman–Crippen MR) is 174 cm³/mol. The fourth-order valence-corrected chi connectivity index (χ4v) is 6.45. The van der Waals surface area contributed by atoms with Gasteiger partial charge >= 0.3 is 0 Å². The first-order valence-corrected chi connectivity index (χ1v) is 13.6. The van der Waals surface area contributed by atoms with Crippen LogP contribution in [0, 0.1) is 0 Å². The zero-order valence-corrected chi connectivity index (χ0v) is 21.5. The molecule has 0 aliphatic heterocycles. The monoisotopic (exact) mass is 508 g/mol. The summed E-state index contributed by atoms with van der Waals surface area (Å²) in [4.78, 5) is 0. The molecule has 0 fully saturated rings. The van der Waals surface area contributed by atoms with Crippen molar-refractivity contribution in [3.8, 4) is 22.3 Å². The van der Waals surface area contributed by atoms with Crippen molar-refractivity contribution in [2.75, 3.05) is 0 Å². The van der Waals surface area contributed by atoms with Gasteiger partial charge in [-0.05, 0) is 105 Å². The van der Waals surface area contributed by atoms with Crippen molar-refractivity contribution in [3.63, 3.8) is 0 Å². The Kier molecular flexibility index (Phi) is 3.70. The SMILES string of the molecule is [2H]c1c([2H])c(-c2ccc3ccc4cccc5ccc2c3c45)c([2H])c([2H])c1-c1ccc2c(ccc3cc4ccccc4cc32)c1. The lowest BCUT2D eigenvalue weighted by atomic mass is 9.89. The first-order valence-electron chi connectivity index (χ1n) is 15.6. The van der Waals surface area contributed by atoms with Crippen LogP contribution < -0.4 is 0 Å². The van der Waals surface area contributed by atoms with Crippen LogP contribution in [0.5, 0.6) is 0 Å². The molecule has 0 spiro atoms. The Hall–Kier alpha value is -5.20. The minimum atomic E-state index is -0.0298. The van der Waals surface area contributed by atoms with E-state index in [1.807, 2.05) is 36.4 Å². The van der Waals surface area contributed by atoms with Gasteiger partial charge in [-0.3, -0.25) is 0 Å². The number of hydrogen-bond acceptors (Lipinski definition) is 0. The fraction of sp³-hybridized carbons (Fsp3) is 0. The molecule has 40 heavy (non-hydrogen) atoms. The molecular weight excluding hydrogens is 480 g/mol. The summed E-state index contributed by atoms with van der Waals surface area (Å²) in [5.41, 5.74) is 2.05. The Morgan fingerprint density at radius 1 is 0.325 bits per heavy atom. The Labute approximate surface area is 237 Å². The van der Waals surface area contributed by atoms with Crippen molar-refractivity contribution in [1.82, 2.24) is 0 Å². The summed E-state index contributed by atoms with van der Waals surface area (Å²) >= 11 is 0. The minimum absolute atomic E-state index is 0.0267. The van der Waals surface area contributed by atoms with Crippen LogP contribution in [0.25, 0.3) is 86.9 Å². The van der Waals surface area contributed by atoms with Gasteiger partial charge in [0.25, 0.3) is 0 Å². The summed E-state index contributed by atoms with van der Waals surface area (Å²) in [7, 11) is 0. The van der Waals surface area contributed by atoms with Gasteiger partial charge in [0, 0.05) is 0 Å². The average Bonchev–Trinajstić information content (AvgIpc) is 3.06. The van der Waals surface area contributed by atoms with Gasteiger partial charge in [0.2, 0.25) is 0 Å². The molecule has 0 saturated heterocycles. The van der Waals surface area contributed by atoms with E-state index in [2.05, 4.69) is 84.9 Å². The van der Waals surface area contributed by atoms with E-state index in [-0.39, 0.29) is 24.2 Å².